The SMILES string of the molecule is CCSCCCBr. The van der Waals surface area contributed by atoms with Gasteiger partial charge in [0, 0.05) is 5.33 Å². The molecule has 0 N–H and O–H groups in total. The first kappa shape index (κ1) is 7.83. The minimum absolute atomic E-state index is 1.15. The molecule has 44 valence electrons. The molecule has 0 fully saturated rings. The van der Waals surface area contributed by atoms with Crippen molar-refractivity contribution in [2.24, 2.45) is 0 Å². The van der Waals surface area contributed by atoms with Crippen molar-refractivity contribution in [1.82, 2.24) is 0 Å². The van der Waals surface area contributed by atoms with Crippen molar-refractivity contribution in [3.05, 3.63) is 0 Å². The van der Waals surface area contributed by atoms with E-state index in [0.29, 0.717) is 0 Å². The first-order valence-corrected chi connectivity index (χ1v) is 4.83. The number of hydrogen-bond acceptors (Lipinski definition) is 1. The second kappa shape index (κ2) is 6.83. The highest BCUT2D eigenvalue weighted by molar-refractivity contribution is 9.09. The van der Waals surface area contributed by atoms with Gasteiger partial charge in [-0.15, -0.1) is 0 Å². The summed E-state index contributed by atoms with van der Waals surface area (Å²) in [5, 5.41) is 1.15. The number of halogens is 1. The minimum Gasteiger partial charge on any atom is -0.162 e. The van der Waals surface area contributed by atoms with Gasteiger partial charge in [0.1, 0.15) is 0 Å². The van der Waals surface area contributed by atoms with Gasteiger partial charge in [0.05, 0.1) is 0 Å². The van der Waals surface area contributed by atoms with E-state index in [0.717, 1.165) is 5.33 Å². The van der Waals surface area contributed by atoms with Crippen LogP contribution in [0.1, 0.15) is 13.3 Å². The van der Waals surface area contributed by atoms with Crippen molar-refractivity contribution in [1.29, 1.82) is 0 Å². The Balaban J connectivity index is 2.45. The maximum absolute atomic E-state index is 3.37. The van der Waals surface area contributed by atoms with Crippen molar-refractivity contribution in [3.8, 4) is 0 Å². The molecule has 0 amide bonds. The average molecular weight is 183 g/mol. The van der Waals surface area contributed by atoms with Crippen molar-refractivity contribution in [3.63, 3.8) is 0 Å². The summed E-state index contributed by atoms with van der Waals surface area (Å²) >= 11 is 5.37. The second-order valence-corrected chi connectivity index (χ2v) is 3.43. The fourth-order valence-corrected chi connectivity index (χ4v) is 1.59. The smallest absolute Gasteiger partial charge is 0.00391 e. The van der Waals surface area contributed by atoms with Gasteiger partial charge in [-0.25, -0.2) is 0 Å². The lowest BCUT2D eigenvalue weighted by Crippen LogP contribution is -1.78. The van der Waals surface area contributed by atoms with Gasteiger partial charge in [0.2, 0.25) is 0 Å². The highest BCUT2D eigenvalue weighted by atomic mass is 79.9. The first-order chi connectivity index (χ1) is 3.41. The van der Waals surface area contributed by atoms with Crippen LogP contribution in [0.15, 0.2) is 0 Å². The summed E-state index contributed by atoms with van der Waals surface area (Å²) in [6.45, 7) is 2.19. The monoisotopic (exact) mass is 182 g/mol. The van der Waals surface area contributed by atoms with E-state index in [1.54, 1.807) is 0 Å². The standard InChI is InChI=1S/C5H11BrS/c1-2-7-5-3-4-6/h2-5H2,1H3. The Kier molecular flexibility index (Phi) is 7.64. The quantitative estimate of drug-likeness (QED) is 0.476. The van der Waals surface area contributed by atoms with Crippen molar-refractivity contribution < 1.29 is 0 Å². The number of hydrogen-bond donors (Lipinski definition) is 0. The topological polar surface area (TPSA) is 0 Å². The molecule has 0 rings (SSSR count). The van der Waals surface area contributed by atoms with Gasteiger partial charge in [-0.3, -0.25) is 0 Å². The molecule has 0 aromatic heterocycles. The predicted molar refractivity (Wildman–Crippen MR) is 41.4 cm³/mol. The molecule has 0 radical (unpaired) electrons. The van der Waals surface area contributed by atoms with Gasteiger partial charge in [-0.2, -0.15) is 11.8 Å². The summed E-state index contributed by atoms with van der Waals surface area (Å²) in [5.41, 5.74) is 0. The van der Waals surface area contributed by atoms with Gasteiger partial charge >= 0.3 is 0 Å². The molecule has 0 aliphatic rings. The van der Waals surface area contributed by atoms with Crippen LogP contribution in [0.2, 0.25) is 0 Å². The molecule has 0 atom stereocenters. The molecule has 0 spiro atoms. The molecule has 7 heavy (non-hydrogen) atoms. The molecular formula is C5H11BrS. The number of thioether (sulfide) groups is 1. The normalized spacial score (nSPS) is 9.43. The average Bonchev–Trinajstić information content (AvgIpc) is 1.69. The van der Waals surface area contributed by atoms with Crippen molar-refractivity contribution in [2.45, 2.75) is 13.3 Å². The fraction of sp³-hybridized carbons (Fsp3) is 1.00. The first-order valence-electron chi connectivity index (χ1n) is 2.55. The molecule has 0 saturated carbocycles. The molecule has 0 aliphatic carbocycles. The summed E-state index contributed by atoms with van der Waals surface area (Å²) in [7, 11) is 0. The molecule has 0 aromatic carbocycles. The molecule has 0 saturated heterocycles. The molecule has 0 unspecified atom stereocenters. The fourth-order valence-electron chi connectivity index (χ4n) is 0.301. The Morgan fingerprint density at radius 1 is 1.57 bits per heavy atom. The van der Waals surface area contributed by atoms with Crippen LogP contribution < -0.4 is 0 Å². The Morgan fingerprint density at radius 3 is 2.71 bits per heavy atom. The second-order valence-electron chi connectivity index (χ2n) is 1.24. The Labute approximate surface area is 58.2 Å². The van der Waals surface area contributed by atoms with Crippen LogP contribution >= 0.6 is 27.7 Å². The Bertz CT molecular complexity index is 27.3. The maximum atomic E-state index is 3.37. The highest BCUT2D eigenvalue weighted by Gasteiger charge is 1.80. The van der Waals surface area contributed by atoms with E-state index in [4.69, 9.17) is 0 Å². The molecule has 0 bridgehead atoms. The zero-order chi connectivity index (χ0) is 5.54. The lowest BCUT2D eigenvalue weighted by Gasteiger charge is -1.90. The third-order valence-electron chi connectivity index (χ3n) is 0.626. The summed E-state index contributed by atoms with van der Waals surface area (Å²) in [6, 6.07) is 0. The zero-order valence-corrected chi connectivity index (χ0v) is 7.02. The van der Waals surface area contributed by atoms with Crippen molar-refractivity contribution >= 4 is 27.7 Å². The Hall–Kier alpha value is 0.830. The number of rotatable bonds is 4. The van der Waals surface area contributed by atoms with Crippen LogP contribution in [0.5, 0.6) is 0 Å². The van der Waals surface area contributed by atoms with E-state index in [-0.39, 0.29) is 0 Å². The maximum Gasteiger partial charge on any atom is 0.00391 e. The third-order valence-corrected chi connectivity index (χ3v) is 2.17. The van der Waals surface area contributed by atoms with Crippen molar-refractivity contribution in [2.75, 3.05) is 16.8 Å². The lowest BCUT2D eigenvalue weighted by molar-refractivity contribution is 1.13. The highest BCUT2D eigenvalue weighted by Crippen LogP contribution is 2.01. The summed E-state index contributed by atoms with van der Waals surface area (Å²) in [6.07, 6.45) is 1.30. The van der Waals surface area contributed by atoms with E-state index in [1.165, 1.54) is 17.9 Å². The van der Waals surface area contributed by atoms with E-state index < -0.39 is 0 Å². The van der Waals surface area contributed by atoms with Gasteiger partial charge in [0.15, 0.2) is 0 Å². The zero-order valence-electron chi connectivity index (χ0n) is 4.61. The van der Waals surface area contributed by atoms with Gasteiger partial charge < -0.3 is 0 Å². The van der Waals surface area contributed by atoms with Crippen LogP contribution in [-0.2, 0) is 0 Å². The van der Waals surface area contributed by atoms with Crippen LogP contribution in [0, 0.1) is 0 Å². The lowest BCUT2D eigenvalue weighted by atomic mass is 10.6. The van der Waals surface area contributed by atoms with E-state index in [2.05, 4.69) is 22.9 Å². The summed E-state index contributed by atoms with van der Waals surface area (Å²) < 4.78 is 0. The number of alkyl halides is 1. The van der Waals surface area contributed by atoms with Crippen LogP contribution in [0.25, 0.3) is 0 Å². The summed E-state index contributed by atoms with van der Waals surface area (Å²) in [4.78, 5) is 0. The van der Waals surface area contributed by atoms with Gasteiger partial charge in [-0.05, 0) is 17.9 Å². The third kappa shape index (κ3) is 6.83. The molecule has 0 aliphatic heterocycles. The van der Waals surface area contributed by atoms with E-state index >= 15 is 0 Å². The molecule has 0 aromatic rings. The van der Waals surface area contributed by atoms with Gasteiger partial charge in [0.25, 0.3) is 0 Å². The molecule has 0 nitrogen and oxygen atoms in total. The van der Waals surface area contributed by atoms with Crippen LogP contribution in [0.4, 0.5) is 0 Å². The molecule has 0 heterocycles. The van der Waals surface area contributed by atoms with Gasteiger partial charge in [-0.1, -0.05) is 22.9 Å². The van der Waals surface area contributed by atoms with Crippen LogP contribution in [0.3, 0.4) is 0 Å². The Morgan fingerprint density at radius 2 is 2.29 bits per heavy atom. The summed E-state index contributed by atoms with van der Waals surface area (Å²) in [5.74, 6) is 2.56. The molecular weight excluding hydrogens is 172 g/mol. The van der Waals surface area contributed by atoms with E-state index in [9.17, 15) is 0 Å². The van der Waals surface area contributed by atoms with E-state index in [1.807, 2.05) is 11.8 Å². The van der Waals surface area contributed by atoms with Crippen LogP contribution in [-0.4, -0.2) is 16.8 Å². The predicted octanol–water partition coefficient (Wildman–Crippen LogP) is 2.52. The minimum atomic E-state index is 1.15. The largest absolute Gasteiger partial charge is 0.162 e. The molecule has 2 heteroatoms.